The molecular weight excluding hydrogens is 272 g/mol. The molecule has 1 aromatic heterocycles. The first-order valence-electron chi connectivity index (χ1n) is 6.70. The third-order valence-electron chi connectivity index (χ3n) is 3.73. The molecule has 3 N–H and O–H groups in total. The van der Waals surface area contributed by atoms with Gasteiger partial charge in [0, 0.05) is 6.61 Å². The van der Waals surface area contributed by atoms with Crippen molar-refractivity contribution >= 4 is 17.2 Å². The fourth-order valence-electron chi connectivity index (χ4n) is 2.17. The molecule has 1 aliphatic heterocycles. The first-order chi connectivity index (χ1) is 9.46. The monoisotopic (exact) mass is 292 g/mol. The van der Waals surface area contributed by atoms with Gasteiger partial charge in [0.1, 0.15) is 0 Å². The molecule has 0 radical (unpaired) electrons. The largest absolute Gasteiger partial charge is 0.376 e. The van der Waals surface area contributed by atoms with E-state index in [0.29, 0.717) is 18.0 Å². The molecule has 0 aromatic carbocycles. The molecule has 0 aliphatic carbocycles. The molecule has 0 bridgehead atoms. The van der Waals surface area contributed by atoms with E-state index in [1.165, 1.54) is 11.3 Å². The van der Waals surface area contributed by atoms with Crippen LogP contribution in [0.4, 0.5) is 0 Å². The Kier molecular flexibility index (Phi) is 4.48. The molecule has 1 aliphatic rings. The van der Waals surface area contributed by atoms with Gasteiger partial charge in [-0.2, -0.15) is 0 Å². The fourth-order valence-corrected chi connectivity index (χ4v) is 3.11. The van der Waals surface area contributed by atoms with Gasteiger partial charge in [-0.3, -0.25) is 4.79 Å². The number of nitrogens with two attached hydrogens (primary N) is 1. The predicted octanol–water partition coefficient (Wildman–Crippen LogP) is 1.66. The Balaban J connectivity index is 2.14. The van der Waals surface area contributed by atoms with E-state index in [0.717, 1.165) is 16.9 Å². The number of carbonyl (C=O) groups is 1. The van der Waals surface area contributed by atoms with Gasteiger partial charge >= 0.3 is 0 Å². The molecule has 2 unspecified atom stereocenters. The van der Waals surface area contributed by atoms with Crippen LogP contribution in [-0.4, -0.2) is 30.7 Å². The van der Waals surface area contributed by atoms with Crippen molar-refractivity contribution in [2.75, 3.05) is 13.2 Å². The zero-order valence-corrected chi connectivity index (χ0v) is 12.9. The van der Waals surface area contributed by atoms with Crippen molar-refractivity contribution < 1.29 is 9.53 Å². The Bertz CT molecular complexity index is 570. The van der Waals surface area contributed by atoms with Crippen LogP contribution in [0, 0.1) is 18.8 Å². The number of nitrogens with one attached hydrogen (secondary N) is 1. The lowest BCUT2D eigenvalue weighted by Gasteiger charge is -2.28. The number of carbonyl (C=O) groups excluding carboxylic acids is 1. The first-order valence-corrected chi connectivity index (χ1v) is 7.51. The smallest absolute Gasteiger partial charge is 0.261 e. The Hall–Kier alpha value is -1.35. The van der Waals surface area contributed by atoms with E-state index < -0.39 is 0 Å². The van der Waals surface area contributed by atoms with Crippen molar-refractivity contribution in [3.05, 3.63) is 21.4 Å². The van der Waals surface area contributed by atoms with E-state index in [9.17, 15) is 4.79 Å². The molecule has 5 heteroatoms. The number of hydrogen-bond donors (Lipinski definition) is 2. The van der Waals surface area contributed by atoms with Crippen LogP contribution in [0.1, 0.15) is 40.4 Å². The number of rotatable bonds is 2. The molecule has 0 spiro atoms. The van der Waals surface area contributed by atoms with Gasteiger partial charge in [-0.15, -0.1) is 11.3 Å². The summed E-state index contributed by atoms with van der Waals surface area (Å²) in [5.41, 5.74) is 6.09. The number of ether oxygens (including phenoxy) is 1. The molecule has 2 rings (SSSR count). The second kappa shape index (κ2) is 5.96. The summed E-state index contributed by atoms with van der Waals surface area (Å²) in [6, 6.07) is 1.88. The maximum absolute atomic E-state index is 12.4. The Morgan fingerprint density at radius 1 is 1.70 bits per heavy atom. The first kappa shape index (κ1) is 15.0. The molecule has 108 valence electrons. The van der Waals surface area contributed by atoms with Gasteiger partial charge in [0.05, 0.1) is 27.9 Å². The van der Waals surface area contributed by atoms with Crippen LogP contribution < -0.4 is 11.1 Å². The molecule has 1 saturated heterocycles. The molecule has 0 saturated carbocycles. The minimum Gasteiger partial charge on any atom is -0.376 e. The van der Waals surface area contributed by atoms with E-state index >= 15 is 0 Å². The average Bonchev–Trinajstić information content (AvgIpc) is 2.92. The van der Waals surface area contributed by atoms with Crippen molar-refractivity contribution in [2.24, 2.45) is 5.73 Å². The van der Waals surface area contributed by atoms with Gasteiger partial charge < -0.3 is 15.8 Å². The highest BCUT2D eigenvalue weighted by molar-refractivity contribution is 7.14. The van der Waals surface area contributed by atoms with Crippen LogP contribution in [-0.2, 0) is 4.74 Å². The minimum atomic E-state index is -0.294. The van der Waals surface area contributed by atoms with Gasteiger partial charge in [0.2, 0.25) is 0 Å². The standard InChI is InChI=1S/C15H20N2O2S/c1-10-9-13(20-12(10)5-4-7-16)14(18)17-15(3)6-8-19-11(15)2/h9,11H,6-8,16H2,1-3H3,(H,17,18). The van der Waals surface area contributed by atoms with Crippen LogP contribution in [0.15, 0.2) is 6.07 Å². The highest BCUT2D eigenvalue weighted by atomic mass is 32.1. The summed E-state index contributed by atoms with van der Waals surface area (Å²) in [6.07, 6.45) is 0.869. The van der Waals surface area contributed by atoms with Crippen LogP contribution >= 0.6 is 11.3 Å². The molecule has 20 heavy (non-hydrogen) atoms. The summed E-state index contributed by atoms with van der Waals surface area (Å²) in [5, 5.41) is 3.09. The number of hydrogen-bond acceptors (Lipinski definition) is 4. The zero-order valence-electron chi connectivity index (χ0n) is 12.1. The highest BCUT2D eigenvalue weighted by Gasteiger charge is 2.38. The number of amides is 1. The van der Waals surface area contributed by atoms with Crippen molar-refractivity contribution in [2.45, 2.75) is 38.8 Å². The fraction of sp³-hybridized carbons (Fsp3) is 0.533. The SMILES string of the molecule is Cc1cc(C(=O)NC2(C)CCOC2C)sc1C#CCN. The maximum Gasteiger partial charge on any atom is 0.261 e. The lowest BCUT2D eigenvalue weighted by atomic mass is 9.94. The summed E-state index contributed by atoms with van der Waals surface area (Å²) in [5.74, 6) is 5.76. The second-order valence-electron chi connectivity index (χ2n) is 5.26. The van der Waals surface area contributed by atoms with E-state index in [2.05, 4.69) is 17.2 Å². The van der Waals surface area contributed by atoms with Crippen LogP contribution in [0.25, 0.3) is 0 Å². The number of thiophene rings is 1. The Morgan fingerprint density at radius 3 is 3.05 bits per heavy atom. The van der Waals surface area contributed by atoms with Gasteiger partial charge in [0.15, 0.2) is 0 Å². The summed E-state index contributed by atoms with van der Waals surface area (Å²) < 4.78 is 5.54. The molecule has 1 aromatic rings. The van der Waals surface area contributed by atoms with Crippen LogP contribution in [0.2, 0.25) is 0 Å². The van der Waals surface area contributed by atoms with Gasteiger partial charge in [-0.05, 0) is 38.8 Å². The van der Waals surface area contributed by atoms with Gasteiger partial charge in [-0.25, -0.2) is 0 Å². The van der Waals surface area contributed by atoms with Crippen molar-refractivity contribution in [1.29, 1.82) is 0 Å². The number of aryl methyl sites for hydroxylation is 1. The van der Waals surface area contributed by atoms with Gasteiger partial charge in [-0.1, -0.05) is 11.8 Å². The zero-order chi connectivity index (χ0) is 14.8. The lowest BCUT2D eigenvalue weighted by molar-refractivity contribution is 0.0730. The highest BCUT2D eigenvalue weighted by Crippen LogP contribution is 2.27. The predicted molar refractivity (Wildman–Crippen MR) is 80.9 cm³/mol. The minimum absolute atomic E-state index is 0.0315. The van der Waals surface area contributed by atoms with Crippen molar-refractivity contribution in [3.63, 3.8) is 0 Å². The Labute approximate surface area is 123 Å². The quantitative estimate of drug-likeness (QED) is 0.815. The van der Waals surface area contributed by atoms with Crippen molar-refractivity contribution in [1.82, 2.24) is 5.32 Å². The third kappa shape index (κ3) is 3.04. The normalized spacial score (nSPS) is 25.1. The lowest BCUT2D eigenvalue weighted by Crippen LogP contribution is -2.50. The second-order valence-corrected chi connectivity index (χ2v) is 6.32. The molecule has 2 heterocycles. The van der Waals surface area contributed by atoms with E-state index in [-0.39, 0.29) is 17.6 Å². The average molecular weight is 292 g/mol. The van der Waals surface area contributed by atoms with Crippen LogP contribution in [0.3, 0.4) is 0 Å². The molecular formula is C15H20N2O2S. The molecule has 2 atom stereocenters. The van der Waals surface area contributed by atoms with Crippen molar-refractivity contribution in [3.8, 4) is 11.8 Å². The topological polar surface area (TPSA) is 64.3 Å². The van der Waals surface area contributed by atoms with E-state index in [1.807, 2.05) is 26.8 Å². The third-order valence-corrected chi connectivity index (χ3v) is 4.88. The summed E-state index contributed by atoms with van der Waals surface area (Å²) >= 11 is 1.41. The van der Waals surface area contributed by atoms with Crippen LogP contribution in [0.5, 0.6) is 0 Å². The molecule has 1 amide bonds. The van der Waals surface area contributed by atoms with E-state index in [4.69, 9.17) is 10.5 Å². The summed E-state index contributed by atoms with van der Waals surface area (Å²) in [6.45, 7) is 6.99. The molecule has 1 fully saturated rings. The summed E-state index contributed by atoms with van der Waals surface area (Å²) in [4.78, 5) is 14.0. The molecule has 4 nitrogen and oxygen atoms in total. The summed E-state index contributed by atoms with van der Waals surface area (Å²) in [7, 11) is 0. The Morgan fingerprint density at radius 2 is 2.45 bits per heavy atom. The maximum atomic E-state index is 12.4. The van der Waals surface area contributed by atoms with E-state index in [1.54, 1.807) is 0 Å². The van der Waals surface area contributed by atoms with Gasteiger partial charge in [0.25, 0.3) is 5.91 Å².